The Morgan fingerprint density at radius 1 is 0.867 bits per heavy atom. The van der Waals surface area contributed by atoms with Gasteiger partial charge in [-0.15, -0.1) is 0 Å². The summed E-state index contributed by atoms with van der Waals surface area (Å²) in [4.78, 5) is 31.6. The van der Waals surface area contributed by atoms with E-state index in [1.54, 1.807) is 6.07 Å². The van der Waals surface area contributed by atoms with E-state index in [2.05, 4.69) is 5.43 Å². The number of hydrogen-bond donors (Lipinski definition) is 1. The second-order valence-corrected chi connectivity index (χ2v) is 9.39. The quantitative estimate of drug-likeness (QED) is 0.718. The molecule has 4 fully saturated rings. The molecule has 2 aromatic carbocycles. The van der Waals surface area contributed by atoms with Gasteiger partial charge in [0.25, 0.3) is 5.56 Å². The molecule has 0 saturated heterocycles. The number of hydrogen-bond acceptors (Lipinski definition) is 3. The maximum atomic E-state index is 13.5. The Labute approximate surface area is 175 Å². The van der Waals surface area contributed by atoms with Gasteiger partial charge in [-0.1, -0.05) is 42.5 Å². The summed E-state index contributed by atoms with van der Waals surface area (Å²) in [5, 5.41) is 0.516. The smallest absolute Gasteiger partial charge is 0.273 e. The van der Waals surface area contributed by atoms with Crippen LogP contribution in [0.2, 0.25) is 0 Å². The summed E-state index contributed by atoms with van der Waals surface area (Å²) in [6.07, 6.45) is 6.03. The second-order valence-electron chi connectivity index (χ2n) is 9.39. The number of rotatable bonds is 3. The van der Waals surface area contributed by atoms with Gasteiger partial charge in [-0.3, -0.25) is 15.0 Å². The number of benzene rings is 2. The molecule has 4 bridgehead atoms. The Hall–Kier alpha value is -2.95. The van der Waals surface area contributed by atoms with Crippen molar-refractivity contribution in [1.29, 1.82) is 0 Å². The molecule has 1 aromatic heterocycles. The van der Waals surface area contributed by atoms with Gasteiger partial charge in [-0.2, -0.15) is 4.68 Å². The highest BCUT2D eigenvalue weighted by atomic mass is 16.2. The van der Waals surface area contributed by atoms with Crippen LogP contribution in [0.4, 0.5) is 0 Å². The van der Waals surface area contributed by atoms with Gasteiger partial charge in [0.05, 0.1) is 10.9 Å². The maximum absolute atomic E-state index is 13.5. The van der Waals surface area contributed by atoms with E-state index in [-0.39, 0.29) is 17.4 Å². The average molecular weight is 399 g/mol. The Morgan fingerprint density at radius 3 is 2.20 bits per heavy atom. The Morgan fingerprint density at radius 2 is 1.50 bits per heavy atom. The standard InChI is InChI=1S/C25H25N3O2/c29-24(22-18-11-15-10-16(13-18)14-19(22)12-15)27-28-23(17-6-2-1-3-7-17)26-21-9-5-4-8-20(21)25(28)30/h1-9,15-16,18-19,22H,10-14H2,(H,27,29). The van der Waals surface area contributed by atoms with Crippen LogP contribution >= 0.6 is 0 Å². The normalized spacial score (nSPS) is 29.3. The van der Waals surface area contributed by atoms with Gasteiger partial charge in [-0.25, -0.2) is 4.98 Å². The number of amides is 1. The minimum atomic E-state index is -0.225. The number of para-hydroxylation sites is 1. The molecule has 0 radical (unpaired) electrons. The Balaban J connectivity index is 1.42. The van der Waals surface area contributed by atoms with Gasteiger partial charge < -0.3 is 0 Å². The molecule has 30 heavy (non-hydrogen) atoms. The van der Waals surface area contributed by atoms with E-state index in [0.717, 1.165) is 17.4 Å². The summed E-state index contributed by atoms with van der Waals surface area (Å²) in [5.74, 6) is 3.02. The Bertz CT molecular complexity index is 1160. The lowest BCUT2D eigenvalue weighted by molar-refractivity contribution is -0.133. The highest BCUT2D eigenvalue weighted by molar-refractivity contribution is 5.88. The minimum absolute atomic E-state index is 0.0137. The molecule has 0 unspecified atom stereocenters. The molecule has 152 valence electrons. The van der Waals surface area contributed by atoms with Gasteiger partial charge in [0, 0.05) is 11.5 Å². The van der Waals surface area contributed by atoms with Crippen LogP contribution in [-0.4, -0.2) is 15.6 Å². The first kappa shape index (κ1) is 17.9. The van der Waals surface area contributed by atoms with Crippen molar-refractivity contribution >= 4 is 16.8 Å². The van der Waals surface area contributed by atoms with Crippen LogP contribution in [0.15, 0.2) is 59.4 Å². The van der Waals surface area contributed by atoms with Crippen molar-refractivity contribution in [3.63, 3.8) is 0 Å². The summed E-state index contributed by atoms with van der Waals surface area (Å²) < 4.78 is 1.38. The third-order valence-corrected chi connectivity index (χ3v) is 7.56. The maximum Gasteiger partial charge on any atom is 0.280 e. The zero-order chi connectivity index (χ0) is 20.2. The zero-order valence-electron chi connectivity index (χ0n) is 16.8. The van der Waals surface area contributed by atoms with E-state index in [9.17, 15) is 9.59 Å². The monoisotopic (exact) mass is 399 g/mol. The van der Waals surface area contributed by atoms with Crippen LogP contribution in [-0.2, 0) is 4.79 Å². The zero-order valence-corrected chi connectivity index (χ0v) is 16.8. The van der Waals surface area contributed by atoms with Crippen molar-refractivity contribution in [1.82, 2.24) is 9.66 Å². The fourth-order valence-corrected chi connectivity index (χ4v) is 6.56. The van der Waals surface area contributed by atoms with Gasteiger partial charge in [0.2, 0.25) is 5.91 Å². The summed E-state index contributed by atoms with van der Waals surface area (Å²) in [6, 6.07) is 16.9. The Kier molecular flexibility index (Phi) is 4.05. The molecule has 5 heteroatoms. The minimum Gasteiger partial charge on any atom is -0.273 e. The molecule has 1 N–H and O–H groups in total. The largest absolute Gasteiger partial charge is 0.280 e. The van der Waals surface area contributed by atoms with Crippen LogP contribution in [0, 0.1) is 29.6 Å². The van der Waals surface area contributed by atoms with Crippen molar-refractivity contribution in [3.05, 3.63) is 65.0 Å². The molecule has 4 aliphatic carbocycles. The van der Waals surface area contributed by atoms with E-state index < -0.39 is 0 Å². The highest BCUT2D eigenvalue weighted by Gasteiger charge is 2.50. The van der Waals surface area contributed by atoms with Crippen LogP contribution < -0.4 is 11.0 Å². The number of carbonyl (C=O) groups excluding carboxylic acids is 1. The van der Waals surface area contributed by atoms with Crippen molar-refractivity contribution in [2.24, 2.45) is 29.6 Å². The van der Waals surface area contributed by atoms with E-state index in [1.807, 2.05) is 48.5 Å². The SMILES string of the molecule is O=C(Nn1c(-c2ccccc2)nc2ccccc2c1=O)C1C2CC3CC(C2)CC1C3. The number of nitrogens with one attached hydrogen (secondary N) is 1. The van der Waals surface area contributed by atoms with Crippen LogP contribution in [0.1, 0.15) is 32.1 Å². The van der Waals surface area contributed by atoms with Gasteiger partial charge in [-0.05, 0) is 67.9 Å². The summed E-state index contributed by atoms with van der Waals surface area (Å²) in [6.45, 7) is 0. The molecule has 1 amide bonds. The summed E-state index contributed by atoms with van der Waals surface area (Å²) >= 11 is 0. The first-order valence-electron chi connectivity index (χ1n) is 11.1. The van der Waals surface area contributed by atoms with E-state index >= 15 is 0 Å². The van der Waals surface area contributed by atoms with Crippen molar-refractivity contribution in [2.45, 2.75) is 32.1 Å². The lowest BCUT2D eigenvalue weighted by Crippen LogP contribution is -2.51. The van der Waals surface area contributed by atoms with Gasteiger partial charge in [0.1, 0.15) is 0 Å². The fourth-order valence-electron chi connectivity index (χ4n) is 6.56. The third-order valence-electron chi connectivity index (χ3n) is 7.56. The van der Waals surface area contributed by atoms with Gasteiger partial charge >= 0.3 is 0 Å². The number of carbonyl (C=O) groups is 1. The van der Waals surface area contributed by atoms with Crippen molar-refractivity contribution < 1.29 is 4.79 Å². The first-order valence-corrected chi connectivity index (χ1v) is 11.1. The molecular formula is C25H25N3O2. The summed E-state index contributed by atoms with van der Waals surface area (Å²) in [7, 11) is 0. The fraction of sp³-hybridized carbons (Fsp3) is 0.400. The molecule has 1 heterocycles. The number of nitrogens with zero attached hydrogens (tertiary/aromatic N) is 2. The predicted octanol–water partition coefficient (Wildman–Crippen LogP) is 4.21. The number of aromatic nitrogens is 2. The molecule has 0 aliphatic heterocycles. The first-order chi connectivity index (χ1) is 14.7. The van der Waals surface area contributed by atoms with Crippen molar-refractivity contribution in [3.8, 4) is 11.4 Å². The molecule has 7 rings (SSSR count). The molecule has 5 nitrogen and oxygen atoms in total. The highest BCUT2D eigenvalue weighted by Crippen LogP contribution is 2.56. The van der Waals surface area contributed by atoms with E-state index in [0.29, 0.717) is 28.6 Å². The van der Waals surface area contributed by atoms with Crippen LogP contribution in [0.5, 0.6) is 0 Å². The van der Waals surface area contributed by atoms with Crippen LogP contribution in [0.25, 0.3) is 22.3 Å². The molecule has 0 atom stereocenters. The van der Waals surface area contributed by atoms with E-state index in [1.165, 1.54) is 36.8 Å². The predicted molar refractivity (Wildman–Crippen MR) is 116 cm³/mol. The summed E-state index contributed by atoms with van der Waals surface area (Å²) in [5.41, 5.74) is 4.23. The third kappa shape index (κ3) is 2.79. The van der Waals surface area contributed by atoms with Gasteiger partial charge in [0.15, 0.2) is 5.82 Å². The molecular weight excluding hydrogens is 374 g/mol. The lowest BCUT2D eigenvalue weighted by Gasteiger charge is -2.53. The molecule has 0 spiro atoms. The second kappa shape index (κ2) is 6.79. The molecule has 4 saturated carbocycles. The van der Waals surface area contributed by atoms with E-state index in [4.69, 9.17) is 4.98 Å². The number of fused-ring (bicyclic) bond motifs is 1. The van der Waals surface area contributed by atoms with Crippen molar-refractivity contribution in [2.75, 3.05) is 5.43 Å². The average Bonchev–Trinajstić information content (AvgIpc) is 2.75. The topological polar surface area (TPSA) is 64.0 Å². The molecule has 3 aromatic rings. The van der Waals surface area contributed by atoms with Crippen LogP contribution in [0.3, 0.4) is 0 Å². The molecule has 4 aliphatic rings. The lowest BCUT2D eigenvalue weighted by atomic mass is 9.52.